The average molecular weight is 304 g/mol. The molecule has 0 spiro atoms. The van der Waals surface area contributed by atoms with E-state index < -0.39 is 54.0 Å². The zero-order valence-electron chi connectivity index (χ0n) is 11.5. The van der Waals surface area contributed by atoms with Gasteiger partial charge in [0.15, 0.2) is 6.29 Å². The van der Waals surface area contributed by atoms with Gasteiger partial charge >= 0.3 is 0 Å². The van der Waals surface area contributed by atoms with Crippen LogP contribution in [-0.4, -0.2) is 63.4 Å². The largest absolute Gasteiger partial charge is 0.389 e. The number of hydrogen-bond acceptors (Lipinski definition) is 7. The van der Waals surface area contributed by atoms with E-state index in [9.17, 15) is 24.9 Å². The predicted molar refractivity (Wildman–Crippen MR) is 67.3 cm³/mol. The Balaban J connectivity index is 2.16. The van der Waals surface area contributed by atoms with Crippen LogP contribution in [-0.2, 0) is 19.1 Å². The number of carbonyl (C=O) groups excluding carboxylic acids is 2. The molecule has 2 fully saturated rings. The van der Waals surface area contributed by atoms with Crippen LogP contribution in [0.5, 0.6) is 0 Å². The zero-order chi connectivity index (χ0) is 15.9. The SMILES string of the molecule is CC(CC(N)=O)O[C@H]1OC2CC1(O)C(O)[C@@H](O)C2C(N)=O. The molecule has 1 saturated heterocycles. The molecule has 0 aromatic rings. The summed E-state index contributed by atoms with van der Waals surface area (Å²) in [4.78, 5) is 22.2. The van der Waals surface area contributed by atoms with Gasteiger partial charge in [0, 0.05) is 6.42 Å². The van der Waals surface area contributed by atoms with Crippen molar-refractivity contribution in [1.82, 2.24) is 0 Å². The normalized spacial score (nSPS) is 43.5. The molecule has 1 saturated carbocycles. The molecule has 2 amide bonds. The summed E-state index contributed by atoms with van der Waals surface area (Å²) in [5.74, 6) is -2.56. The van der Waals surface area contributed by atoms with E-state index in [1.54, 1.807) is 6.92 Å². The van der Waals surface area contributed by atoms with E-state index in [-0.39, 0.29) is 12.8 Å². The summed E-state index contributed by atoms with van der Waals surface area (Å²) < 4.78 is 10.8. The smallest absolute Gasteiger partial charge is 0.225 e. The lowest BCUT2D eigenvalue weighted by atomic mass is 9.74. The number of aliphatic hydroxyl groups excluding tert-OH is 2. The van der Waals surface area contributed by atoms with Crippen molar-refractivity contribution in [3.63, 3.8) is 0 Å². The molecular weight excluding hydrogens is 284 g/mol. The fraction of sp³-hybridized carbons (Fsp3) is 0.833. The molecule has 7 atom stereocenters. The molecule has 2 bridgehead atoms. The van der Waals surface area contributed by atoms with Gasteiger partial charge in [0.25, 0.3) is 0 Å². The van der Waals surface area contributed by atoms with Crippen LogP contribution < -0.4 is 11.5 Å². The van der Waals surface area contributed by atoms with Gasteiger partial charge in [0.05, 0.1) is 30.7 Å². The van der Waals surface area contributed by atoms with Crippen LogP contribution in [0.15, 0.2) is 0 Å². The molecular formula is C12H20N2O7. The maximum absolute atomic E-state index is 11.4. The van der Waals surface area contributed by atoms with Gasteiger partial charge in [-0.15, -0.1) is 0 Å². The molecule has 2 rings (SSSR count). The van der Waals surface area contributed by atoms with Crippen molar-refractivity contribution in [3.8, 4) is 0 Å². The van der Waals surface area contributed by atoms with Gasteiger partial charge in [0.2, 0.25) is 11.8 Å². The molecule has 1 aliphatic heterocycles. The van der Waals surface area contributed by atoms with E-state index in [1.165, 1.54) is 0 Å². The summed E-state index contributed by atoms with van der Waals surface area (Å²) in [6, 6.07) is 0. The fourth-order valence-electron chi connectivity index (χ4n) is 2.97. The molecule has 2 aliphatic rings. The quantitative estimate of drug-likeness (QED) is 0.360. The number of carbonyl (C=O) groups is 2. The van der Waals surface area contributed by atoms with Gasteiger partial charge < -0.3 is 36.3 Å². The molecule has 5 unspecified atom stereocenters. The van der Waals surface area contributed by atoms with E-state index in [1.807, 2.05) is 0 Å². The summed E-state index contributed by atoms with van der Waals surface area (Å²) in [5, 5.41) is 30.5. The summed E-state index contributed by atoms with van der Waals surface area (Å²) >= 11 is 0. The minimum atomic E-state index is -1.87. The molecule has 21 heavy (non-hydrogen) atoms. The van der Waals surface area contributed by atoms with E-state index >= 15 is 0 Å². The summed E-state index contributed by atoms with van der Waals surface area (Å²) in [6.07, 6.45) is -6.22. The second-order valence-electron chi connectivity index (χ2n) is 5.68. The topological polar surface area (TPSA) is 165 Å². The van der Waals surface area contributed by atoms with Crippen LogP contribution >= 0.6 is 0 Å². The lowest BCUT2D eigenvalue weighted by Gasteiger charge is -2.40. The van der Waals surface area contributed by atoms with E-state index in [0.29, 0.717) is 0 Å². The van der Waals surface area contributed by atoms with E-state index in [4.69, 9.17) is 20.9 Å². The first-order chi connectivity index (χ1) is 9.66. The van der Waals surface area contributed by atoms with Crippen LogP contribution in [0.1, 0.15) is 19.8 Å². The molecule has 7 N–H and O–H groups in total. The van der Waals surface area contributed by atoms with Crippen molar-refractivity contribution >= 4 is 11.8 Å². The first-order valence-electron chi connectivity index (χ1n) is 6.64. The van der Waals surface area contributed by atoms with E-state index in [0.717, 1.165) is 0 Å². The Bertz CT molecular complexity index is 445. The zero-order valence-corrected chi connectivity index (χ0v) is 11.5. The monoisotopic (exact) mass is 304 g/mol. The van der Waals surface area contributed by atoms with Gasteiger partial charge in [-0.2, -0.15) is 0 Å². The van der Waals surface area contributed by atoms with Crippen LogP contribution in [0.4, 0.5) is 0 Å². The van der Waals surface area contributed by atoms with Crippen molar-refractivity contribution in [1.29, 1.82) is 0 Å². The number of nitrogens with two attached hydrogens (primary N) is 2. The number of hydrogen-bond donors (Lipinski definition) is 5. The average Bonchev–Trinajstić information content (AvgIpc) is 2.61. The third-order valence-corrected chi connectivity index (χ3v) is 4.01. The number of rotatable bonds is 5. The fourth-order valence-corrected chi connectivity index (χ4v) is 2.97. The van der Waals surface area contributed by atoms with Gasteiger partial charge in [-0.25, -0.2) is 0 Å². The van der Waals surface area contributed by atoms with Gasteiger partial charge in [-0.3, -0.25) is 9.59 Å². The molecule has 0 aromatic carbocycles. The highest BCUT2D eigenvalue weighted by molar-refractivity contribution is 5.78. The number of fused-ring (bicyclic) bond motifs is 2. The summed E-state index contributed by atoms with van der Waals surface area (Å²) in [6.45, 7) is 1.55. The Kier molecular flexibility index (Phi) is 4.22. The van der Waals surface area contributed by atoms with E-state index in [2.05, 4.69) is 0 Å². The predicted octanol–water partition coefficient (Wildman–Crippen LogP) is -3.05. The number of primary amides is 2. The summed E-state index contributed by atoms with van der Waals surface area (Å²) in [7, 11) is 0. The minimum absolute atomic E-state index is 0.0987. The second-order valence-corrected chi connectivity index (χ2v) is 5.68. The lowest BCUT2D eigenvalue weighted by Crippen LogP contribution is -2.61. The van der Waals surface area contributed by atoms with Gasteiger partial charge in [0.1, 0.15) is 11.7 Å². The highest BCUT2D eigenvalue weighted by Gasteiger charge is 2.64. The van der Waals surface area contributed by atoms with Crippen molar-refractivity contribution in [2.24, 2.45) is 17.4 Å². The van der Waals surface area contributed by atoms with Crippen LogP contribution in [0.3, 0.4) is 0 Å². The number of aliphatic hydroxyl groups is 3. The minimum Gasteiger partial charge on any atom is -0.389 e. The molecule has 1 aliphatic carbocycles. The van der Waals surface area contributed by atoms with Gasteiger partial charge in [-0.1, -0.05) is 0 Å². The lowest BCUT2D eigenvalue weighted by molar-refractivity contribution is -0.241. The standard InChI is InChI=1S/C12H20N2O7/c1-4(2-6(13)15)20-11-12(19)3-5(21-11)7(10(14)18)8(16)9(12)17/h4-5,7-9,11,16-17,19H,2-3H2,1H3,(H2,13,15)(H2,14,18)/t4?,5?,7?,8-,9?,11-,12?/m0/s1. The highest BCUT2D eigenvalue weighted by atomic mass is 16.7. The third-order valence-electron chi connectivity index (χ3n) is 4.01. The maximum atomic E-state index is 11.4. The Labute approximate surface area is 120 Å². The first-order valence-corrected chi connectivity index (χ1v) is 6.64. The Morgan fingerprint density at radius 1 is 1.43 bits per heavy atom. The maximum Gasteiger partial charge on any atom is 0.225 e. The van der Waals surface area contributed by atoms with Crippen molar-refractivity contribution in [2.75, 3.05) is 0 Å². The number of ether oxygens (including phenoxy) is 2. The molecule has 0 radical (unpaired) electrons. The molecule has 1 heterocycles. The Morgan fingerprint density at radius 3 is 2.57 bits per heavy atom. The van der Waals surface area contributed by atoms with Crippen LogP contribution in [0.25, 0.3) is 0 Å². The second kappa shape index (κ2) is 5.50. The van der Waals surface area contributed by atoms with Gasteiger partial charge in [-0.05, 0) is 6.92 Å². The molecule has 0 aromatic heterocycles. The highest BCUT2D eigenvalue weighted by Crippen LogP contribution is 2.45. The first kappa shape index (κ1) is 16.1. The number of amides is 2. The summed E-state index contributed by atoms with van der Waals surface area (Å²) in [5.41, 5.74) is 8.36. The molecule has 9 heteroatoms. The Hall–Kier alpha value is -1.26. The van der Waals surface area contributed by atoms with Crippen molar-refractivity contribution in [2.45, 2.75) is 56.1 Å². The van der Waals surface area contributed by atoms with Crippen molar-refractivity contribution in [3.05, 3.63) is 0 Å². The van der Waals surface area contributed by atoms with Crippen molar-refractivity contribution < 1.29 is 34.4 Å². The molecule has 120 valence electrons. The Morgan fingerprint density at radius 2 is 2.05 bits per heavy atom. The molecule has 9 nitrogen and oxygen atoms in total. The van der Waals surface area contributed by atoms with Crippen LogP contribution in [0, 0.1) is 5.92 Å². The third kappa shape index (κ3) is 2.74. The van der Waals surface area contributed by atoms with Crippen LogP contribution in [0.2, 0.25) is 0 Å².